The molecular weight excluding hydrogens is 292 g/mol. The third kappa shape index (κ3) is 3.79. The second-order valence-corrected chi connectivity index (χ2v) is 6.14. The first-order chi connectivity index (χ1) is 8.67. The summed E-state index contributed by atoms with van der Waals surface area (Å²) >= 11 is 8.45. The van der Waals surface area contributed by atoms with Crippen LogP contribution < -0.4 is 5.56 Å². The topological polar surface area (TPSA) is 71.5 Å². The summed E-state index contributed by atoms with van der Waals surface area (Å²) < 4.78 is 0.423. The molecule has 5 nitrogen and oxygen atoms in total. The van der Waals surface area contributed by atoms with Gasteiger partial charge >= 0.3 is 0 Å². The summed E-state index contributed by atoms with van der Waals surface area (Å²) in [6.07, 6.45) is 1.77. The van der Waals surface area contributed by atoms with Crippen LogP contribution in [0.2, 0.25) is 4.47 Å². The number of nitrogens with zero attached hydrogens (tertiary/aromatic N) is 3. The predicted molar refractivity (Wildman–Crippen MR) is 73.3 cm³/mol. The normalized spacial score (nSPS) is 10.8. The Morgan fingerprint density at radius 2 is 2.33 bits per heavy atom. The largest absolute Gasteiger partial charge is 0.301 e. The molecule has 0 atom stereocenters. The van der Waals surface area contributed by atoms with E-state index in [1.165, 1.54) is 29.2 Å². The Bertz CT molecular complexity index is 583. The van der Waals surface area contributed by atoms with Crippen LogP contribution in [-0.2, 0) is 12.2 Å². The molecule has 0 aliphatic rings. The first-order valence-corrected chi connectivity index (χ1v) is 7.56. The van der Waals surface area contributed by atoms with Crippen molar-refractivity contribution < 1.29 is 0 Å². The fourth-order valence-electron chi connectivity index (χ4n) is 1.36. The van der Waals surface area contributed by atoms with Crippen molar-refractivity contribution in [3.8, 4) is 0 Å². The molecule has 0 amide bonds. The number of halogens is 1. The van der Waals surface area contributed by atoms with Gasteiger partial charge in [-0.2, -0.15) is 0 Å². The van der Waals surface area contributed by atoms with Gasteiger partial charge < -0.3 is 4.98 Å². The Morgan fingerprint density at radius 1 is 1.50 bits per heavy atom. The van der Waals surface area contributed by atoms with Crippen LogP contribution in [0.15, 0.2) is 16.0 Å². The maximum absolute atomic E-state index is 11.4. The molecule has 0 saturated carbocycles. The highest BCUT2D eigenvalue weighted by Gasteiger charge is 2.06. The number of H-pyrrole nitrogens is 1. The molecule has 0 aliphatic carbocycles. The van der Waals surface area contributed by atoms with E-state index < -0.39 is 0 Å². The first-order valence-electron chi connectivity index (χ1n) is 5.38. The van der Waals surface area contributed by atoms with Gasteiger partial charge in [0.15, 0.2) is 5.16 Å². The highest BCUT2D eigenvalue weighted by Crippen LogP contribution is 2.23. The minimum Gasteiger partial charge on any atom is -0.301 e. The number of aromatic nitrogens is 4. The number of rotatable bonds is 5. The van der Waals surface area contributed by atoms with E-state index in [0.29, 0.717) is 15.4 Å². The van der Waals surface area contributed by atoms with Crippen molar-refractivity contribution in [3.05, 3.63) is 31.6 Å². The lowest BCUT2D eigenvalue weighted by Gasteiger charge is -2.01. The Kier molecular flexibility index (Phi) is 4.73. The second kappa shape index (κ2) is 6.31. The fraction of sp³-hybridized carbons (Fsp3) is 0.400. The molecular formula is C10H11ClN4OS2. The van der Waals surface area contributed by atoms with E-state index in [-0.39, 0.29) is 5.56 Å². The van der Waals surface area contributed by atoms with Gasteiger partial charge in [-0.1, -0.05) is 36.4 Å². The summed E-state index contributed by atoms with van der Waals surface area (Å²) in [6, 6.07) is 1.54. The van der Waals surface area contributed by atoms with Crippen LogP contribution in [-0.4, -0.2) is 20.2 Å². The fourth-order valence-corrected chi connectivity index (χ4v) is 3.11. The first kappa shape index (κ1) is 13.5. The van der Waals surface area contributed by atoms with Crippen molar-refractivity contribution in [2.45, 2.75) is 30.7 Å². The van der Waals surface area contributed by atoms with Crippen LogP contribution in [0.5, 0.6) is 0 Å². The van der Waals surface area contributed by atoms with E-state index in [1.807, 2.05) is 0 Å². The van der Waals surface area contributed by atoms with Gasteiger partial charge in [-0.25, -0.2) is 4.98 Å². The zero-order valence-electron chi connectivity index (χ0n) is 9.64. The highest BCUT2D eigenvalue weighted by molar-refractivity contribution is 7.98. The average Bonchev–Trinajstić information content (AvgIpc) is 2.72. The highest BCUT2D eigenvalue weighted by atomic mass is 35.5. The third-order valence-corrected chi connectivity index (χ3v) is 4.14. The van der Waals surface area contributed by atoms with E-state index in [2.05, 4.69) is 27.1 Å². The monoisotopic (exact) mass is 302 g/mol. The Balaban J connectivity index is 2.06. The van der Waals surface area contributed by atoms with Crippen molar-refractivity contribution >= 4 is 34.7 Å². The van der Waals surface area contributed by atoms with Crippen LogP contribution >= 0.6 is 34.7 Å². The van der Waals surface area contributed by atoms with Crippen LogP contribution in [0.4, 0.5) is 0 Å². The van der Waals surface area contributed by atoms with Crippen molar-refractivity contribution in [2.24, 2.45) is 0 Å². The Labute approximate surface area is 117 Å². The summed E-state index contributed by atoms with van der Waals surface area (Å²) in [6.45, 7) is 2.05. The van der Waals surface area contributed by atoms with Gasteiger partial charge in [0.25, 0.3) is 5.56 Å². The van der Waals surface area contributed by atoms with Gasteiger partial charge in [-0.05, 0) is 18.0 Å². The molecule has 0 spiro atoms. The summed E-state index contributed by atoms with van der Waals surface area (Å²) in [7, 11) is 0. The number of aromatic amines is 1. The summed E-state index contributed by atoms with van der Waals surface area (Å²) in [5.74, 6) is 0.600. The molecule has 8 heteroatoms. The molecule has 0 fully saturated rings. The molecule has 0 aromatic carbocycles. The van der Waals surface area contributed by atoms with Gasteiger partial charge in [0.2, 0.25) is 4.47 Å². The lowest BCUT2D eigenvalue weighted by Crippen LogP contribution is -2.09. The molecule has 1 N–H and O–H groups in total. The standard InChI is InChI=1S/C10H11ClN4OS2/c1-2-3-6-4-7(16)13-10(12-6)17-5-8-14-15-9(11)18-8/h4H,2-3,5H2,1H3,(H,12,13,16). The maximum Gasteiger partial charge on any atom is 0.251 e. The van der Waals surface area contributed by atoms with Crippen molar-refractivity contribution in [1.82, 2.24) is 20.2 Å². The quantitative estimate of drug-likeness (QED) is 0.679. The predicted octanol–water partition coefficient (Wildman–Crippen LogP) is 2.52. The number of aryl methyl sites for hydroxylation is 1. The molecule has 2 rings (SSSR count). The number of hydrogen-bond acceptors (Lipinski definition) is 6. The lowest BCUT2D eigenvalue weighted by molar-refractivity contribution is 0.815. The van der Waals surface area contributed by atoms with Crippen LogP contribution in [0.1, 0.15) is 24.0 Å². The summed E-state index contributed by atoms with van der Waals surface area (Å²) in [5.41, 5.74) is 0.699. The minimum absolute atomic E-state index is 0.119. The van der Waals surface area contributed by atoms with E-state index in [1.54, 1.807) is 0 Å². The number of nitrogens with one attached hydrogen (secondary N) is 1. The van der Waals surface area contributed by atoms with Gasteiger partial charge in [-0.3, -0.25) is 4.79 Å². The molecule has 96 valence electrons. The van der Waals surface area contributed by atoms with Gasteiger partial charge in [-0.15, -0.1) is 10.2 Å². The zero-order chi connectivity index (χ0) is 13.0. The number of thioether (sulfide) groups is 1. The van der Waals surface area contributed by atoms with Gasteiger partial charge in [0.05, 0.1) is 5.75 Å². The van der Waals surface area contributed by atoms with Crippen molar-refractivity contribution in [3.63, 3.8) is 0 Å². The Morgan fingerprint density at radius 3 is 3.00 bits per heavy atom. The average molecular weight is 303 g/mol. The van der Waals surface area contributed by atoms with E-state index in [4.69, 9.17) is 11.6 Å². The zero-order valence-corrected chi connectivity index (χ0v) is 12.0. The summed E-state index contributed by atoms with van der Waals surface area (Å²) in [5, 5.41) is 9.05. The summed E-state index contributed by atoms with van der Waals surface area (Å²) in [4.78, 5) is 18.5. The minimum atomic E-state index is -0.119. The van der Waals surface area contributed by atoms with Crippen LogP contribution in [0, 0.1) is 0 Å². The molecule has 2 aromatic heterocycles. The lowest BCUT2D eigenvalue weighted by atomic mass is 10.2. The molecule has 2 heterocycles. The van der Waals surface area contributed by atoms with E-state index in [0.717, 1.165) is 23.5 Å². The van der Waals surface area contributed by atoms with Gasteiger partial charge in [0, 0.05) is 11.8 Å². The van der Waals surface area contributed by atoms with Crippen molar-refractivity contribution in [2.75, 3.05) is 0 Å². The number of hydrogen-bond donors (Lipinski definition) is 1. The van der Waals surface area contributed by atoms with Crippen molar-refractivity contribution in [1.29, 1.82) is 0 Å². The molecule has 0 saturated heterocycles. The molecule has 18 heavy (non-hydrogen) atoms. The molecule has 0 bridgehead atoms. The SMILES string of the molecule is CCCc1cc(=O)[nH]c(SCc2nnc(Cl)s2)n1. The van der Waals surface area contributed by atoms with Crippen LogP contribution in [0.25, 0.3) is 0 Å². The molecule has 0 aliphatic heterocycles. The van der Waals surface area contributed by atoms with Gasteiger partial charge in [0.1, 0.15) is 5.01 Å². The molecule has 0 unspecified atom stereocenters. The Hall–Kier alpha value is -0.920. The molecule has 2 aromatic rings. The smallest absolute Gasteiger partial charge is 0.251 e. The van der Waals surface area contributed by atoms with E-state index in [9.17, 15) is 4.79 Å². The third-order valence-electron chi connectivity index (χ3n) is 2.05. The van der Waals surface area contributed by atoms with E-state index >= 15 is 0 Å². The van der Waals surface area contributed by atoms with Crippen LogP contribution in [0.3, 0.4) is 0 Å². The molecule has 0 radical (unpaired) electrons. The second-order valence-electron chi connectivity index (χ2n) is 3.53. The maximum atomic E-state index is 11.4.